The maximum atomic E-state index is 2.61. The molecule has 1 aliphatic rings. The number of hydrogen-bond donors (Lipinski definition) is 0. The Bertz CT molecular complexity index is 3520. The van der Waals surface area contributed by atoms with Gasteiger partial charge in [0.15, 0.2) is 0 Å². The number of rotatable bonds is 4. The molecule has 0 spiro atoms. The average Bonchev–Trinajstić information content (AvgIpc) is 3.51. The highest BCUT2D eigenvalue weighted by Crippen LogP contribution is 2.47. The second-order valence-electron chi connectivity index (χ2n) is 16.9. The van der Waals surface area contributed by atoms with Crippen molar-refractivity contribution in [2.24, 2.45) is 0 Å². The zero-order valence-electron chi connectivity index (χ0n) is 33.1. The van der Waals surface area contributed by atoms with Crippen LogP contribution >= 0.6 is 0 Å². The molecule has 0 unspecified atom stereocenters. The zero-order chi connectivity index (χ0) is 39.2. The Kier molecular flexibility index (Phi) is 7.48. The summed E-state index contributed by atoms with van der Waals surface area (Å²) in [5.74, 6) is 0. The molecule has 12 rings (SSSR count). The lowest BCUT2D eigenvalue weighted by atomic mass is 9.84. The predicted molar refractivity (Wildman–Crippen MR) is 258 cm³/mol. The van der Waals surface area contributed by atoms with E-state index in [1.807, 2.05) is 0 Å². The summed E-state index contributed by atoms with van der Waals surface area (Å²) in [6.07, 6.45) is 0. The minimum absolute atomic E-state index is 1.25. The van der Waals surface area contributed by atoms with E-state index < -0.39 is 8.07 Å². The molecule has 0 N–H and O–H groups in total. The molecule has 11 aromatic rings. The van der Waals surface area contributed by atoms with Crippen molar-refractivity contribution in [1.29, 1.82) is 0 Å². The van der Waals surface area contributed by atoms with Crippen molar-refractivity contribution in [2.75, 3.05) is 0 Å². The molecule has 59 heavy (non-hydrogen) atoms. The molecular weight excluding hydrogens is 725 g/mol. The average molecular weight is 765 g/mol. The van der Waals surface area contributed by atoms with Crippen molar-refractivity contribution in [3.05, 3.63) is 206 Å². The lowest BCUT2D eigenvalue weighted by Crippen LogP contribution is -2.49. The third-order valence-corrected chi connectivity index (χ3v) is 16.7. The van der Waals surface area contributed by atoms with E-state index in [2.05, 4.69) is 219 Å². The van der Waals surface area contributed by atoms with Gasteiger partial charge < -0.3 is 0 Å². The van der Waals surface area contributed by atoms with Gasteiger partial charge in [-0.15, -0.1) is 0 Å². The molecule has 11 aromatic carbocycles. The van der Waals surface area contributed by atoms with Crippen LogP contribution in [0.15, 0.2) is 206 Å². The van der Waals surface area contributed by atoms with Gasteiger partial charge >= 0.3 is 0 Å². The first-order valence-electron chi connectivity index (χ1n) is 20.7. The fourth-order valence-electron chi connectivity index (χ4n) is 10.1. The molecule has 0 radical (unpaired) electrons. The molecule has 0 amide bonds. The van der Waals surface area contributed by atoms with Crippen LogP contribution in [-0.2, 0) is 0 Å². The topological polar surface area (TPSA) is 0 Å². The molecule has 0 aliphatic carbocycles. The normalized spacial score (nSPS) is 13.1. The van der Waals surface area contributed by atoms with E-state index >= 15 is 0 Å². The minimum atomic E-state index is -2.13. The monoisotopic (exact) mass is 764 g/mol. The summed E-state index contributed by atoms with van der Waals surface area (Å²) in [5.41, 5.74) is 13.0. The van der Waals surface area contributed by atoms with E-state index in [1.165, 1.54) is 120 Å². The van der Waals surface area contributed by atoms with Crippen molar-refractivity contribution in [3.63, 3.8) is 0 Å². The lowest BCUT2D eigenvalue weighted by molar-refractivity contribution is 1.63. The quantitative estimate of drug-likeness (QED) is 0.124. The van der Waals surface area contributed by atoms with E-state index in [4.69, 9.17) is 0 Å². The Morgan fingerprint density at radius 2 is 0.661 bits per heavy atom. The van der Waals surface area contributed by atoms with E-state index in [1.54, 1.807) is 0 Å². The standard InChI is InChI=1S/C58H40Si/c1-59(2)55-34-46(45-25-24-43-30-42(22-23-44(43)31-45)37-12-4-3-5-13-37)28-29-49(55)52-35-53-54(36-56(52)59)58(48-27-21-39-15-7-9-17-41(39)33-48)51-19-11-10-18-50(51)57(53)47-26-20-38-14-6-8-16-40(38)32-47/h3-36H,1-2H3. The molecule has 1 heteroatoms. The third-order valence-electron chi connectivity index (χ3n) is 13.2. The largest absolute Gasteiger partial charge is 0.113 e. The molecule has 0 saturated heterocycles. The van der Waals surface area contributed by atoms with E-state index in [0.29, 0.717) is 0 Å². The van der Waals surface area contributed by atoms with Gasteiger partial charge in [-0.05, 0) is 150 Å². The highest BCUT2D eigenvalue weighted by atomic mass is 28.3. The molecule has 0 nitrogen and oxygen atoms in total. The molecule has 1 heterocycles. The van der Waals surface area contributed by atoms with Crippen LogP contribution in [0.25, 0.3) is 109 Å². The Morgan fingerprint density at radius 1 is 0.254 bits per heavy atom. The molecular formula is C58H40Si. The van der Waals surface area contributed by atoms with Crippen LogP contribution in [0.5, 0.6) is 0 Å². The van der Waals surface area contributed by atoms with Crippen LogP contribution in [0.1, 0.15) is 0 Å². The highest BCUT2D eigenvalue weighted by Gasteiger charge is 2.38. The summed E-state index contributed by atoms with van der Waals surface area (Å²) >= 11 is 0. The van der Waals surface area contributed by atoms with Crippen molar-refractivity contribution in [1.82, 2.24) is 0 Å². The van der Waals surface area contributed by atoms with E-state index in [9.17, 15) is 0 Å². The predicted octanol–water partition coefficient (Wildman–Crippen LogP) is 14.9. The summed E-state index contributed by atoms with van der Waals surface area (Å²) in [6.45, 7) is 5.11. The summed E-state index contributed by atoms with van der Waals surface area (Å²) in [7, 11) is -2.13. The molecule has 0 fully saturated rings. The van der Waals surface area contributed by atoms with Crippen LogP contribution in [0, 0.1) is 0 Å². The fourth-order valence-corrected chi connectivity index (χ4v) is 13.2. The Labute approximate surface area is 345 Å². The molecule has 1 aliphatic heterocycles. The molecule has 0 aromatic heterocycles. The first-order valence-corrected chi connectivity index (χ1v) is 23.7. The van der Waals surface area contributed by atoms with Gasteiger partial charge in [0, 0.05) is 0 Å². The highest BCUT2D eigenvalue weighted by molar-refractivity contribution is 7.04. The van der Waals surface area contributed by atoms with Gasteiger partial charge in [0.25, 0.3) is 0 Å². The fraction of sp³-hybridized carbons (Fsp3) is 0.0345. The van der Waals surface area contributed by atoms with Gasteiger partial charge in [-0.3, -0.25) is 0 Å². The van der Waals surface area contributed by atoms with Gasteiger partial charge in [0.2, 0.25) is 0 Å². The zero-order valence-corrected chi connectivity index (χ0v) is 34.1. The van der Waals surface area contributed by atoms with Crippen LogP contribution in [0.2, 0.25) is 13.1 Å². The molecule has 0 atom stereocenters. The van der Waals surface area contributed by atoms with Gasteiger partial charge in [-0.25, -0.2) is 0 Å². The Morgan fingerprint density at radius 3 is 1.27 bits per heavy atom. The number of hydrogen-bond acceptors (Lipinski definition) is 0. The molecule has 276 valence electrons. The van der Waals surface area contributed by atoms with Crippen LogP contribution in [0.3, 0.4) is 0 Å². The van der Waals surface area contributed by atoms with Crippen LogP contribution < -0.4 is 10.4 Å². The second kappa shape index (κ2) is 13.0. The maximum Gasteiger partial charge on any atom is 0.113 e. The summed E-state index contributed by atoms with van der Waals surface area (Å²) < 4.78 is 0. The van der Waals surface area contributed by atoms with Crippen LogP contribution in [-0.4, -0.2) is 8.07 Å². The van der Waals surface area contributed by atoms with Gasteiger partial charge in [-0.1, -0.05) is 189 Å². The van der Waals surface area contributed by atoms with E-state index in [-0.39, 0.29) is 0 Å². The van der Waals surface area contributed by atoms with Gasteiger partial charge in [0.1, 0.15) is 8.07 Å². The van der Waals surface area contributed by atoms with Gasteiger partial charge in [-0.2, -0.15) is 0 Å². The van der Waals surface area contributed by atoms with Crippen molar-refractivity contribution in [3.8, 4) is 55.6 Å². The maximum absolute atomic E-state index is 2.61. The molecule has 0 saturated carbocycles. The van der Waals surface area contributed by atoms with Gasteiger partial charge in [0.05, 0.1) is 0 Å². The van der Waals surface area contributed by atoms with Crippen molar-refractivity contribution in [2.45, 2.75) is 13.1 Å². The Hall–Kier alpha value is -7.06. The SMILES string of the molecule is C[Si]1(C)c2cc(-c3ccc4cc(-c5ccccc5)ccc4c3)ccc2-c2cc3c(-c4ccc5ccccc5c4)c4ccccc4c(-c4ccc5ccccc5c4)c3cc21. The lowest BCUT2D eigenvalue weighted by Gasteiger charge is -2.23. The van der Waals surface area contributed by atoms with Crippen molar-refractivity contribution < 1.29 is 0 Å². The first kappa shape index (κ1) is 34.0. The third kappa shape index (κ3) is 5.35. The Balaban J connectivity index is 1.07. The van der Waals surface area contributed by atoms with Crippen molar-refractivity contribution >= 4 is 72.3 Å². The summed E-state index contributed by atoms with van der Waals surface area (Å²) in [6, 6.07) is 77.5. The summed E-state index contributed by atoms with van der Waals surface area (Å²) in [4.78, 5) is 0. The van der Waals surface area contributed by atoms with E-state index in [0.717, 1.165) is 0 Å². The second-order valence-corrected chi connectivity index (χ2v) is 21.2. The van der Waals surface area contributed by atoms with Crippen LogP contribution in [0.4, 0.5) is 0 Å². The molecule has 0 bridgehead atoms. The number of fused-ring (bicyclic) bond motifs is 8. The first-order chi connectivity index (χ1) is 29.0. The number of benzene rings is 11. The minimum Gasteiger partial charge on any atom is -0.0622 e. The summed E-state index contributed by atoms with van der Waals surface area (Å²) in [5, 5.41) is 15.9. The smallest absolute Gasteiger partial charge is 0.0622 e.